The largest absolute Gasteiger partial charge is 0.512 e. The Morgan fingerprint density at radius 3 is 1.21 bits per heavy atom. The normalized spacial score (nSPS) is 10.1. The maximum absolute atomic E-state index is 10.0. The molecule has 15 nitrogen and oxygen atoms in total. The number of fused-ring (bicyclic) bond motifs is 3. The zero-order chi connectivity index (χ0) is 80.2. The van der Waals surface area contributed by atoms with Gasteiger partial charge in [0.1, 0.15) is 0 Å². The second kappa shape index (κ2) is 50.1. The zero-order valence-electron chi connectivity index (χ0n) is 67.0. The summed E-state index contributed by atoms with van der Waals surface area (Å²) in [6, 6.07) is 122. The predicted octanol–water partition coefficient (Wildman–Crippen LogP) is 22.7. The minimum absolute atomic E-state index is 0. The standard InChI is InChI=1S/C27H18N3.C18H17N2.C15H11N2O.C15H11N2.C11H8N.C10H9N2.C5H8O2.5Ir.Rh/c1-3-9-20(10-4-1)27-28-17-18-29(27)22-15-16-26-24(19-22)23-13-7-8-14-25(23)30(26)21-11-5-2-6-12-21;1-13-11-14(2)17(15(3)12-13)20-10-9-19-18(20)16-7-5-4-6-8-16;1-3-7-13(8-4-1)15-16-11-12-17(15)18-14-9-5-2-6-10-14;1-3-7-13(8-4-1)15-16-11-12-17(15)14-9-5-2-6-10-14;1-2-6-10(7-3-1)11-8-4-5-9-12-11;1-12-8-7-11-10(12)9-5-3-2-4-6-9;1-4(6)3-5(2)7;;;;;;/h1-9,11-19H;4-7,9-12H,1-3H3;1-7,9-12H;1-7,9-12H;1-6,8-9H;2-5,7-8H,1H3;3,6H,1-2H3;;;;;;/q6*-1;;;;;;;. The van der Waals surface area contributed by atoms with Gasteiger partial charge in [0.15, 0.2) is 11.5 Å². The van der Waals surface area contributed by atoms with Gasteiger partial charge in [0.2, 0.25) is 0 Å². The molecular formula is C101H82Ir5N12O3Rh-6. The molecule has 624 valence electrons. The number of pyridine rings is 1. The minimum atomic E-state index is -0.125. The Hall–Kier alpha value is -11.5. The van der Waals surface area contributed by atoms with Crippen molar-refractivity contribution in [2.45, 2.75) is 34.6 Å². The molecule has 0 aliphatic carbocycles. The van der Waals surface area contributed by atoms with Crippen LogP contribution in [-0.2, 0) is 132 Å². The van der Waals surface area contributed by atoms with Crippen molar-refractivity contribution in [3.05, 3.63) is 442 Å². The Morgan fingerprint density at radius 1 is 0.361 bits per heavy atom. The van der Waals surface area contributed by atoms with Crippen molar-refractivity contribution >= 4 is 27.6 Å². The molecule has 19 rings (SSSR count). The first-order chi connectivity index (χ1) is 56.9. The number of rotatable bonds is 13. The van der Waals surface area contributed by atoms with Crippen molar-refractivity contribution in [3.8, 4) is 96.7 Å². The van der Waals surface area contributed by atoms with Crippen molar-refractivity contribution in [3.63, 3.8) is 0 Å². The van der Waals surface area contributed by atoms with Gasteiger partial charge in [0.25, 0.3) is 0 Å². The third kappa shape index (κ3) is 26.3. The molecule has 0 saturated heterocycles. The van der Waals surface area contributed by atoms with Gasteiger partial charge in [0.05, 0.1) is 52.1 Å². The maximum atomic E-state index is 10.0. The van der Waals surface area contributed by atoms with E-state index in [9.17, 15) is 4.79 Å². The Labute approximate surface area is 792 Å². The van der Waals surface area contributed by atoms with Gasteiger partial charge in [-0.1, -0.05) is 103 Å². The van der Waals surface area contributed by atoms with Crippen LogP contribution in [0.4, 0.5) is 0 Å². The molecule has 0 amide bonds. The van der Waals surface area contributed by atoms with Crippen LogP contribution >= 0.6 is 0 Å². The first-order valence-corrected chi connectivity index (χ1v) is 37.6. The Balaban J connectivity index is 0.000000201. The van der Waals surface area contributed by atoms with Crippen molar-refractivity contribution in [1.82, 2.24) is 57.5 Å². The maximum Gasteiger partial charge on any atom is 0.155 e. The van der Waals surface area contributed by atoms with Crippen molar-refractivity contribution in [2.75, 3.05) is 0 Å². The van der Waals surface area contributed by atoms with E-state index in [-0.39, 0.29) is 132 Å². The number of imidazole rings is 5. The number of aromatic nitrogens is 12. The number of benzene rings is 12. The van der Waals surface area contributed by atoms with Crippen LogP contribution in [0.25, 0.3) is 113 Å². The fraction of sp³-hybridized carbons (Fsp3) is 0.0594. The molecular weight excluding hydrogens is 2490 g/mol. The third-order valence-electron chi connectivity index (χ3n) is 18.0. The minimum Gasteiger partial charge on any atom is -0.512 e. The fourth-order valence-electron chi connectivity index (χ4n) is 13.0. The summed E-state index contributed by atoms with van der Waals surface area (Å²) in [5.74, 6) is 5.13. The van der Waals surface area contributed by atoms with E-state index in [0.29, 0.717) is 0 Å². The van der Waals surface area contributed by atoms with Crippen molar-refractivity contribution in [2.24, 2.45) is 7.05 Å². The molecule has 122 heavy (non-hydrogen) atoms. The van der Waals surface area contributed by atoms with E-state index in [0.717, 1.165) is 85.3 Å². The Bertz CT molecular complexity index is 6170. The smallest absolute Gasteiger partial charge is 0.155 e. The first kappa shape index (κ1) is 97.6. The molecule has 21 heteroatoms. The van der Waals surface area contributed by atoms with E-state index in [1.807, 2.05) is 267 Å². The molecule has 0 spiro atoms. The van der Waals surface area contributed by atoms with E-state index in [2.05, 4.69) is 202 Å². The van der Waals surface area contributed by atoms with E-state index >= 15 is 0 Å². The van der Waals surface area contributed by atoms with Crippen LogP contribution in [0.1, 0.15) is 30.5 Å². The van der Waals surface area contributed by atoms with E-state index in [1.165, 1.54) is 69.8 Å². The van der Waals surface area contributed by atoms with Gasteiger partial charge in [0, 0.05) is 229 Å². The number of hydrogen-bond donors (Lipinski definition) is 1. The number of nitrogens with zero attached hydrogens (tertiary/aromatic N) is 12. The Kier molecular flexibility index (Phi) is 40.1. The van der Waals surface area contributed by atoms with Crippen molar-refractivity contribution < 1.29 is 135 Å². The summed E-state index contributed by atoms with van der Waals surface area (Å²) >= 11 is 0. The van der Waals surface area contributed by atoms with Crippen LogP contribution in [0.3, 0.4) is 0 Å². The number of carbonyl (C=O) groups is 1. The third-order valence-corrected chi connectivity index (χ3v) is 18.0. The van der Waals surface area contributed by atoms with Gasteiger partial charge in [-0.3, -0.25) is 29.7 Å². The second-order valence-corrected chi connectivity index (χ2v) is 26.4. The summed E-state index contributed by atoms with van der Waals surface area (Å²) in [4.78, 5) is 42.0. The molecule has 0 aliphatic heterocycles. The average Bonchev–Trinajstić information content (AvgIpc) is 1.59. The van der Waals surface area contributed by atoms with Gasteiger partial charge in [-0.05, 0) is 118 Å². The zero-order valence-corrected chi connectivity index (χ0v) is 80.6. The van der Waals surface area contributed by atoms with E-state index < -0.39 is 0 Å². The van der Waals surface area contributed by atoms with Crippen molar-refractivity contribution in [1.29, 1.82) is 0 Å². The molecule has 6 radical (unpaired) electrons. The SMILES string of the molecule is CC(=O)C=C(C)O.Cc1cc(C)c(-n2ccnc2-c2[c-]cccc2)c(C)c1.Cn1ccnc1-c1[c-]cccc1.[Ir].[Ir].[Ir].[Ir].[Ir].[Rh].[c-]1ccccc1-c1ccccn1.[c-]1ccccc1-c1nccn1-c1ccc2c(c1)c1ccccc1n2-c1ccccc1.[c-]1ccccc1-c1nccn1-c1ccccc1.[c-]1ccccc1-c1nccn1Oc1ccccc1. The van der Waals surface area contributed by atoms with Crippen LogP contribution in [-0.4, -0.2) is 68.4 Å². The number of ketones is 1. The van der Waals surface area contributed by atoms with Crippen LogP contribution in [0, 0.1) is 57.2 Å². The number of para-hydroxylation sites is 4. The number of aryl methyl sites for hydroxylation is 4. The van der Waals surface area contributed by atoms with Gasteiger partial charge in [-0.2, -0.15) is 0 Å². The summed E-state index contributed by atoms with van der Waals surface area (Å²) in [6.45, 7) is 9.27. The molecule has 0 aliphatic rings. The number of allylic oxidation sites excluding steroid dienone is 2. The summed E-state index contributed by atoms with van der Waals surface area (Å²) in [5.41, 5.74) is 17.7. The van der Waals surface area contributed by atoms with E-state index in [1.54, 1.807) is 29.5 Å². The van der Waals surface area contributed by atoms with Crippen LogP contribution < -0.4 is 4.84 Å². The molecule has 7 heterocycles. The van der Waals surface area contributed by atoms with Gasteiger partial charge < -0.3 is 37.8 Å². The monoisotopic (exact) mass is 2580 g/mol. The number of carbonyl (C=O) groups excluding carboxylic acids is 1. The Morgan fingerprint density at radius 2 is 0.754 bits per heavy atom. The van der Waals surface area contributed by atoms with E-state index in [4.69, 9.17) is 9.94 Å². The molecule has 0 unspecified atom stereocenters. The van der Waals surface area contributed by atoms with Gasteiger partial charge in [-0.25, -0.2) is 4.73 Å². The molecule has 0 saturated carbocycles. The summed E-state index contributed by atoms with van der Waals surface area (Å²) in [5, 5.41) is 10.8. The molecule has 0 bridgehead atoms. The molecule has 12 aromatic carbocycles. The molecule has 1 N–H and O–H groups in total. The predicted molar refractivity (Wildman–Crippen MR) is 464 cm³/mol. The molecule has 7 aromatic heterocycles. The number of aliphatic hydroxyl groups excluding tert-OH is 1. The quantitative estimate of drug-likeness (QED) is 0.0514. The average molecular weight is 2580 g/mol. The summed E-state index contributed by atoms with van der Waals surface area (Å²) in [6.07, 6.45) is 21.6. The number of aliphatic hydroxyl groups is 1. The van der Waals surface area contributed by atoms with Gasteiger partial charge >= 0.3 is 0 Å². The van der Waals surface area contributed by atoms with Gasteiger partial charge in [-0.15, -0.1) is 215 Å². The van der Waals surface area contributed by atoms with Crippen LogP contribution in [0.5, 0.6) is 5.75 Å². The molecule has 19 aromatic rings. The fourth-order valence-corrected chi connectivity index (χ4v) is 13.0. The summed E-state index contributed by atoms with van der Waals surface area (Å²) in [7, 11) is 1.98. The first-order valence-electron chi connectivity index (χ1n) is 37.6. The van der Waals surface area contributed by atoms with Crippen LogP contribution in [0.2, 0.25) is 0 Å². The number of hydrogen-bond acceptors (Lipinski definition) is 9. The summed E-state index contributed by atoms with van der Waals surface area (Å²) < 4.78 is 12.3. The topological polar surface area (TPSA) is 153 Å². The molecule has 0 fully saturated rings. The second-order valence-electron chi connectivity index (χ2n) is 26.4. The van der Waals surface area contributed by atoms with Crippen LogP contribution in [0.15, 0.2) is 389 Å². The molecule has 0 atom stereocenters.